The van der Waals surface area contributed by atoms with E-state index in [2.05, 4.69) is 17.2 Å². The molecule has 0 radical (unpaired) electrons. The predicted octanol–water partition coefficient (Wildman–Crippen LogP) is 3.90. The molecule has 8 heteroatoms. The molecule has 1 N–H and O–H groups in total. The minimum atomic E-state index is -0.531. The number of methoxy groups -OCH3 is 1. The van der Waals surface area contributed by atoms with Gasteiger partial charge in [0.25, 0.3) is 5.91 Å². The third kappa shape index (κ3) is 4.86. The second kappa shape index (κ2) is 9.99. The summed E-state index contributed by atoms with van der Waals surface area (Å²) in [4.78, 5) is 44.1. The normalized spacial score (nSPS) is 17.0. The van der Waals surface area contributed by atoms with Crippen molar-refractivity contribution in [3.05, 3.63) is 47.5 Å². The molecule has 1 saturated carbocycles. The highest BCUT2D eigenvalue weighted by Crippen LogP contribution is 2.49. The number of nitrogens with one attached hydrogen (secondary N) is 1. The van der Waals surface area contributed by atoms with Gasteiger partial charge in [-0.2, -0.15) is 0 Å². The van der Waals surface area contributed by atoms with Crippen molar-refractivity contribution in [1.29, 1.82) is 0 Å². The van der Waals surface area contributed by atoms with Crippen LogP contribution >= 0.6 is 0 Å². The van der Waals surface area contributed by atoms with Crippen LogP contribution in [-0.2, 0) is 32.8 Å². The van der Waals surface area contributed by atoms with Gasteiger partial charge in [0.05, 0.1) is 19.1 Å². The Balaban J connectivity index is 1.36. The third-order valence-corrected chi connectivity index (χ3v) is 7.03. The maximum Gasteiger partial charge on any atom is 0.316 e. The molecule has 2 heterocycles. The SMILES string of the molecule is CCCCCC(C)C(=O)N1CCn2cc(C(=O)Nc3ccc(C4(C(=O)OC)CC4)cc3)nc2C1. The molecule has 1 atom stereocenters. The highest BCUT2D eigenvalue weighted by Gasteiger charge is 2.52. The number of aromatic nitrogens is 2. The van der Waals surface area contributed by atoms with E-state index in [0.29, 0.717) is 31.0 Å². The van der Waals surface area contributed by atoms with Gasteiger partial charge in [0.15, 0.2) is 0 Å². The largest absolute Gasteiger partial charge is 0.468 e. The third-order valence-electron chi connectivity index (χ3n) is 7.03. The van der Waals surface area contributed by atoms with Crippen molar-refractivity contribution in [3.63, 3.8) is 0 Å². The molecular weight excluding hydrogens is 432 g/mol. The average Bonchev–Trinajstić information content (AvgIpc) is 3.55. The zero-order valence-electron chi connectivity index (χ0n) is 20.3. The number of fused-ring (bicyclic) bond motifs is 1. The highest BCUT2D eigenvalue weighted by atomic mass is 16.5. The standard InChI is InChI=1S/C26H34N4O4/c1-4-5-6-7-18(2)24(32)30-15-14-29-16-21(28-22(29)17-30)23(31)27-20-10-8-19(9-11-20)26(12-13-26)25(33)34-3/h8-11,16,18H,4-7,12-15,17H2,1-3H3,(H,27,31). The molecule has 34 heavy (non-hydrogen) atoms. The van der Waals surface area contributed by atoms with Crippen molar-refractivity contribution in [3.8, 4) is 0 Å². The lowest BCUT2D eigenvalue weighted by Gasteiger charge is -2.29. The first-order valence-electron chi connectivity index (χ1n) is 12.2. The van der Waals surface area contributed by atoms with E-state index in [1.54, 1.807) is 18.3 Å². The van der Waals surface area contributed by atoms with Crippen molar-refractivity contribution < 1.29 is 19.1 Å². The molecular formula is C26H34N4O4. The Morgan fingerprint density at radius 2 is 1.88 bits per heavy atom. The summed E-state index contributed by atoms with van der Waals surface area (Å²) in [6.07, 6.45) is 7.58. The summed E-state index contributed by atoms with van der Waals surface area (Å²) in [6, 6.07) is 7.32. The number of benzene rings is 1. The van der Waals surface area contributed by atoms with Crippen LogP contribution in [0.25, 0.3) is 0 Å². The fourth-order valence-corrected chi connectivity index (χ4v) is 4.68. The maximum absolute atomic E-state index is 12.8. The molecule has 1 aromatic carbocycles. The number of ether oxygens (including phenoxy) is 1. The van der Waals surface area contributed by atoms with Gasteiger partial charge >= 0.3 is 5.97 Å². The van der Waals surface area contributed by atoms with Crippen molar-refractivity contribution in [2.75, 3.05) is 19.0 Å². The number of carbonyl (C=O) groups is 3. The van der Waals surface area contributed by atoms with E-state index < -0.39 is 5.41 Å². The first-order chi connectivity index (χ1) is 16.4. The first kappa shape index (κ1) is 24.0. The fraction of sp³-hybridized carbons (Fsp3) is 0.538. The van der Waals surface area contributed by atoms with Crippen LogP contribution in [-0.4, -0.2) is 45.9 Å². The molecule has 4 rings (SSSR count). The van der Waals surface area contributed by atoms with Gasteiger partial charge in [-0.1, -0.05) is 45.2 Å². The summed E-state index contributed by atoms with van der Waals surface area (Å²) in [5, 5.41) is 2.88. The molecule has 182 valence electrons. The molecule has 8 nitrogen and oxygen atoms in total. The zero-order valence-corrected chi connectivity index (χ0v) is 20.3. The van der Waals surface area contributed by atoms with Crippen LogP contribution in [0.1, 0.15) is 74.2 Å². The Bertz CT molecular complexity index is 1060. The van der Waals surface area contributed by atoms with Gasteiger partial charge in [-0.3, -0.25) is 14.4 Å². The van der Waals surface area contributed by atoms with Crippen molar-refractivity contribution in [1.82, 2.24) is 14.5 Å². The molecule has 0 spiro atoms. The summed E-state index contributed by atoms with van der Waals surface area (Å²) in [5.74, 6) is 0.393. The summed E-state index contributed by atoms with van der Waals surface area (Å²) < 4.78 is 6.89. The van der Waals surface area contributed by atoms with Crippen LogP contribution in [0, 0.1) is 5.92 Å². The van der Waals surface area contributed by atoms with E-state index >= 15 is 0 Å². The minimum absolute atomic E-state index is 0.00719. The van der Waals surface area contributed by atoms with Crippen LogP contribution in [0.2, 0.25) is 0 Å². The first-order valence-corrected chi connectivity index (χ1v) is 12.2. The fourth-order valence-electron chi connectivity index (χ4n) is 4.68. The van der Waals surface area contributed by atoms with Gasteiger partial charge in [-0.15, -0.1) is 0 Å². The molecule has 1 aliphatic carbocycles. The van der Waals surface area contributed by atoms with E-state index in [0.717, 1.165) is 49.9 Å². The van der Waals surface area contributed by atoms with Crippen LogP contribution in [0.3, 0.4) is 0 Å². The molecule has 1 fully saturated rings. The van der Waals surface area contributed by atoms with Gasteiger partial charge in [-0.05, 0) is 37.0 Å². The topological polar surface area (TPSA) is 93.5 Å². The van der Waals surface area contributed by atoms with Crippen molar-refractivity contribution >= 4 is 23.5 Å². The predicted molar refractivity (Wildman–Crippen MR) is 128 cm³/mol. The molecule has 0 bridgehead atoms. The Morgan fingerprint density at radius 3 is 2.53 bits per heavy atom. The van der Waals surface area contributed by atoms with E-state index in [1.165, 1.54) is 7.11 Å². The monoisotopic (exact) mass is 466 g/mol. The molecule has 2 aliphatic rings. The Morgan fingerprint density at radius 1 is 1.15 bits per heavy atom. The molecule has 1 unspecified atom stereocenters. The highest BCUT2D eigenvalue weighted by molar-refractivity contribution is 6.02. The Hall–Kier alpha value is -3.16. The average molecular weight is 467 g/mol. The van der Waals surface area contributed by atoms with Crippen LogP contribution in [0.15, 0.2) is 30.5 Å². The van der Waals surface area contributed by atoms with Crippen molar-refractivity contribution in [2.45, 2.75) is 70.9 Å². The van der Waals surface area contributed by atoms with Crippen LogP contribution in [0.5, 0.6) is 0 Å². The summed E-state index contributed by atoms with van der Waals surface area (Å²) in [5.41, 5.74) is 1.34. The summed E-state index contributed by atoms with van der Waals surface area (Å²) in [6.45, 7) is 5.85. The molecule has 1 aliphatic heterocycles. The lowest BCUT2D eigenvalue weighted by molar-refractivity contribution is -0.143. The van der Waals surface area contributed by atoms with Crippen molar-refractivity contribution in [2.24, 2.45) is 5.92 Å². The Kier molecular flexibility index (Phi) is 7.05. The lowest BCUT2D eigenvalue weighted by Crippen LogP contribution is -2.40. The van der Waals surface area contributed by atoms with Gasteiger partial charge < -0.3 is 19.5 Å². The number of carbonyl (C=O) groups excluding carboxylic acids is 3. The molecule has 0 saturated heterocycles. The second-order valence-corrected chi connectivity index (χ2v) is 9.50. The van der Waals surface area contributed by atoms with Gasteiger partial charge in [-0.25, -0.2) is 4.98 Å². The lowest BCUT2D eigenvalue weighted by atomic mass is 9.96. The van der Waals surface area contributed by atoms with E-state index in [9.17, 15) is 14.4 Å². The number of unbranched alkanes of at least 4 members (excludes halogenated alkanes) is 2. The van der Waals surface area contributed by atoms with Gasteiger partial charge in [0.2, 0.25) is 5.91 Å². The Labute approximate surface area is 200 Å². The number of nitrogens with zero attached hydrogens (tertiary/aromatic N) is 3. The summed E-state index contributed by atoms with van der Waals surface area (Å²) in [7, 11) is 1.41. The van der Waals surface area contributed by atoms with E-state index in [1.807, 2.05) is 28.5 Å². The maximum atomic E-state index is 12.8. The van der Waals surface area contributed by atoms with Gasteiger partial charge in [0.1, 0.15) is 11.5 Å². The van der Waals surface area contributed by atoms with E-state index in [-0.39, 0.29) is 23.7 Å². The minimum Gasteiger partial charge on any atom is -0.468 e. The molecule has 2 amide bonds. The van der Waals surface area contributed by atoms with Crippen LogP contribution < -0.4 is 5.32 Å². The quantitative estimate of drug-likeness (QED) is 0.447. The number of imidazole rings is 1. The number of rotatable bonds is 9. The number of esters is 1. The smallest absolute Gasteiger partial charge is 0.316 e. The van der Waals surface area contributed by atoms with Gasteiger partial charge in [0, 0.05) is 30.9 Å². The number of anilines is 1. The second-order valence-electron chi connectivity index (χ2n) is 9.50. The number of hydrogen-bond acceptors (Lipinski definition) is 5. The summed E-state index contributed by atoms with van der Waals surface area (Å²) >= 11 is 0. The molecule has 2 aromatic rings. The zero-order chi connectivity index (χ0) is 24.3. The van der Waals surface area contributed by atoms with Crippen LogP contribution in [0.4, 0.5) is 5.69 Å². The number of amides is 2. The number of hydrogen-bond donors (Lipinski definition) is 1. The molecule has 1 aromatic heterocycles. The van der Waals surface area contributed by atoms with E-state index in [4.69, 9.17) is 4.74 Å².